The summed E-state index contributed by atoms with van der Waals surface area (Å²) in [5.41, 5.74) is 1.05. The molecule has 6 heteroatoms. The molecule has 0 bridgehead atoms. The molecule has 1 aromatic heterocycles. The molecule has 0 aliphatic carbocycles. The molecule has 0 amide bonds. The van der Waals surface area contributed by atoms with Crippen molar-refractivity contribution >= 4 is 31.9 Å². The largest absolute Gasteiger partial charge is 0.421 e. The van der Waals surface area contributed by atoms with Gasteiger partial charge in [0.1, 0.15) is 0 Å². The summed E-state index contributed by atoms with van der Waals surface area (Å²) in [5.74, 6) is 1.23. The molecule has 0 saturated heterocycles. The van der Waals surface area contributed by atoms with E-state index in [0.29, 0.717) is 11.8 Å². The Morgan fingerprint density at radius 3 is 2.62 bits per heavy atom. The van der Waals surface area contributed by atoms with Crippen molar-refractivity contribution in [3.05, 3.63) is 33.0 Å². The molecular formula is C15H19Br2N3O. The highest BCUT2D eigenvalue weighted by atomic mass is 79.9. The number of rotatable bonds is 5. The first-order valence-corrected chi connectivity index (χ1v) is 8.46. The lowest BCUT2D eigenvalue weighted by Crippen LogP contribution is -2.36. The van der Waals surface area contributed by atoms with Crippen LogP contribution in [0.25, 0.3) is 11.5 Å². The second kappa shape index (κ2) is 7.03. The molecule has 21 heavy (non-hydrogen) atoms. The van der Waals surface area contributed by atoms with Crippen molar-refractivity contribution in [2.24, 2.45) is 0 Å². The molecule has 0 unspecified atom stereocenters. The monoisotopic (exact) mass is 415 g/mol. The zero-order valence-corrected chi connectivity index (χ0v) is 15.6. The van der Waals surface area contributed by atoms with E-state index in [9.17, 15) is 0 Å². The van der Waals surface area contributed by atoms with Crippen molar-refractivity contribution in [3.63, 3.8) is 0 Å². The molecule has 0 fully saturated rings. The number of nitrogens with one attached hydrogen (secondary N) is 1. The molecule has 0 spiro atoms. The molecule has 0 atom stereocenters. The quantitative estimate of drug-likeness (QED) is 0.724. The number of hydrogen-bond donors (Lipinski definition) is 1. The second-order valence-electron chi connectivity index (χ2n) is 5.91. The van der Waals surface area contributed by atoms with Gasteiger partial charge in [-0.3, -0.25) is 0 Å². The van der Waals surface area contributed by atoms with Gasteiger partial charge in [-0.1, -0.05) is 15.9 Å². The molecule has 1 N–H and O–H groups in total. The van der Waals surface area contributed by atoms with Crippen molar-refractivity contribution in [3.8, 4) is 11.5 Å². The molecule has 0 saturated carbocycles. The Balaban J connectivity index is 1.95. The molecule has 0 aliphatic rings. The first-order chi connectivity index (χ1) is 9.85. The van der Waals surface area contributed by atoms with E-state index in [-0.39, 0.29) is 5.54 Å². The molecule has 0 aliphatic heterocycles. The summed E-state index contributed by atoms with van der Waals surface area (Å²) in [4.78, 5) is 0. The van der Waals surface area contributed by atoms with E-state index in [0.717, 1.165) is 33.9 Å². The lowest BCUT2D eigenvalue weighted by molar-refractivity contribution is 0.412. The zero-order valence-electron chi connectivity index (χ0n) is 12.4. The van der Waals surface area contributed by atoms with Crippen LogP contribution in [0.1, 0.15) is 33.1 Å². The summed E-state index contributed by atoms with van der Waals surface area (Å²) >= 11 is 6.94. The topological polar surface area (TPSA) is 51.0 Å². The van der Waals surface area contributed by atoms with E-state index < -0.39 is 0 Å². The van der Waals surface area contributed by atoms with Gasteiger partial charge in [0.25, 0.3) is 0 Å². The third kappa shape index (κ3) is 5.20. The molecule has 1 aromatic carbocycles. The Morgan fingerprint density at radius 2 is 1.95 bits per heavy atom. The highest BCUT2D eigenvalue weighted by molar-refractivity contribution is 9.11. The molecular weight excluding hydrogens is 398 g/mol. The van der Waals surface area contributed by atoms with Gasteiger partial charge in [-0.15, -0.1) is 10.2 Å². The summed E-state index contributed by atoms with van der Waals surface area (Å²) in [7, 11) is 0. The highest BCUT2D eigenvalue weighted by Gasteiger charge is 2.12. The maximum absolute atomic E-state index is 5.73. The molecule has 2 aromatic rings. The summed E-state index contributed by atoms with van der Waals surface area (Å²) in [6.07, 6.45) is 1.75. The van der Waals surface area contributed by atoms with Crippen molar-refractivity contribution in [1.82, 2.24) is 15.5 Å². The SMILES string of the molecule is CC(C)(C)NCCCc1nnc(-c2ccc(Br)cc2Br)o1. The van der Waals surface area contributed by atoms with Crippen LogP contribution in [-0.4, -0.2) is 22.3 Å². The predicted octanol–water partition coefficient (Wildman–Crippen LogP) is 4.58. The Hall–Kier alpha value is -0.720. The summed E-state index contributed by atoms with van der Waals surface area (Å²) in [6, 6.07) is 5.87. The maximum atomic E-state index is 5.73. The van der Waals surface area contributed by atoms with Crippen LogP contribution in [0, 0.1) is 0 Å². The molecule has 114 valence electrons. The van der Waals surface area contributed by atoms with Crippen LogP contribution in [0.15, 0.2) is 31.6 Å². The fraction of sp³-hybridized carbons (Fsp3) is 0.467. The van der Waals surface area contributed by atoms with E-state index in [1.54, 1.807) is 0 Å². The summed E-state index contributed by atoms with van der Waals surface area (Å²) in [5, 5.41) is 11.7. The summed E-state index contributed by atoms with van der Waals surface area (Å²) in [6.45, 7) is 7.40. The fourth-order valence-corrected chi connectivity index (χ4v) is 3.05. The number of halogens is 2. The molecule has 4 nitrogen and oxygen atoms in total. The van der Waals surface area contributed by atoms with Crippen molar-refractivity contribution in [2.45, 2.75) is 39.2 Å². The lowest BCUT2D eigenvalue weighted by atomic mass is 10.1. The number of hydrogen-bond acceptors (Lipinski definition) is 4. The third-order valence-corrected chi connectivity index (χ3v) is 4.00. The number of benzene rings is 1. The van der Waals surface area contributed by atoms with E-state index in [1.807, 2.05) is 18.2 Å². The Bertz CT molecular complexity index is 605. The van der Waals surface area contributed by atoms with Crippen LogP contribution < -0.4 is 5.32 Å². The molecule has 2 rings (SSSR count). The first-order valence-electron chi connectivity index (χ1n) is 6.88. The summed E-state index contributed by atoms with van der Waals surface area (Å²) < 4.78 is 7.66. The van der Waals surface area contributed by atoms with Gasteiger partial charge < -0.3 is 9.73 Å². The zero-order chi connectivity index (χ0) is 15.5. The molecule has 0 radical (unpaired) electrons. The highest BCUT2D eigenvalue weighted by Crippen LogP contribution is 2.29. The first kappa shape index (κ1) is 16.6. The van der Waals surface area contributed by atoms with E-state index in [4.69, 9.17) is 4.42 Å². The Morgan fingerprint density at radius 1 is 1.19 bits per heavy atom. The third-order valence-electron chi connectivity index (χ3n) is 2.85. The van der Waals surface area contributed by atoms with Gasteiger partial charge in [0, 0.05) is 20.9 Å². The minimum Gasteiger partial charge on any atom is -0.421 e. The predicted molar refractivity (Wildman–Crippen MR) is 91.2 cm³/mol. The average Bonchev–Trinajstić information content (AvgIpc) is 2.82. The van der Waals surface area contributed by atoms with E-state index >= 15 is 0 Å². The van der Waals surface area contributed by atoms with Crippen LogP contribution in [0.3, 0.4) is 0 Å². The average molecular weight is 417 g/mol. The van der Waals surface area contributed by atoms with Crippen molar-refractivity contribution in [2.75, 3.05) is 6.54 Å². The van der Waals surface area contributed by atoms with Crippen LogP contribution >= 0.6 is 31.9 Å². The van der Waals surface area contributed by atoms with Crippen LogP contribution in [0.4, 0.5) is 0 Å². The van der Waals surface area contributed by atoms with Crippen LogP contribution in [-0.2, 0) is 6.42 Å². The Labute approximate surface area is 142 Å². The van der Waals surface area contributed by atoms with Gasteiger partial charge in [0.2, 0.25) is 11.8 Å². The number of nitrogens with zero attached hydrogens (tertiary/aromatic N) is 2. The van der Waals surface area contributed by atoms with Gasteiger partial charge >= 0.3 is 0 Å². The van der Waals surface area contributed by atoms with Crippen LogP contribution in [0.2, 0.25) is 0 Å². The van der Waals surface area contributed by atoms with Gasteiger partial charge in [0.15, 0.2) is 0 Å². The van der Waals surface area contributed by atoms with Crippen LogP contribution in [0.5, 0.6) is 0 Å². The molecule has 1 heterocycles. The fourth-order valence-electron chi connectivity index (χ4n) is 1.83. The maximum Gasteiger partial charge on any atom is 0.248 e. The van der Waals surface area contributed by atoms with E-state index in [2.05, 4.69) is 68.1 Å². The van der Waals surface area contributed by atoms with Gasteiger partial charge in [-0.2, -0.15) is 0 Å². The number of aromatic nitrogens is 2. The van der Waals surface area contributed by atoms with Gasteiger partial charge in [-0.25, -0.2) is 0 Å². The van der Waals surface area contributed by atoms with Gasteiger partial charge in [-0.05, 0) is 67.9 Å². The standard InChI is InChI=1S/C15H19Br2N3O/c1-15(2,3)18-8-4-5-13-19-20-14(21-13)11-7-6-10(16)9-12(11)17/h6-7,9,18H,4-5,8H2,1-3H3. The smallest absolute Gasteiger partial charge is 0.248 e. The van der Waals surface area contributed by atoms with E-state index in [1.165, 1.54) is 0 Å². The normalized spacial score (nSPS) is 11.9. The number of aryl methyl sites for hydroxylation is 1. The van der Waals surface area contributed by atoms with Crippen molar-refractivity contribution in [1.29, 1.82) is 0 Å². The second-order valence-corrected chi connectivity index (χ2v) is 7.68. The lowest BCUT2D eigenvalue weighted by Gasteiger charge is -2.19. The van der Waals surface area contributed by atoms with Crippen molar-refractivity contribution < 1.29 is 4.42 Å². The minimum absolute atomic E-state index is 0.141. The Kier molecular flexibility index (Phi) is 5.57. The van der Waals surface area contributed by atoms with Gasteiger partial charge in [0.05, 0.1) is 5.56 Å². The minimum atomic E-state index is 0.141.